The highest BCUT2D eigenvalue weighted by atomic mass is 19.4. The number of aliphatic hydroxyl groups is 3. The van der Waals surface area contributed by atoms with Crippen LogP contribution in [0.1, 0.15) is 12.1 Å². The number of aliphatic hydroxyl groups excluding tert-OH is 3. The summed E-state index contributed by atoms with van der Waals surface area (Å²) < 4.78 is 39.4. The van der Waals surface area contributed by atoms with Crippen molar-refractivity contribution in [3.05, 3.63) is 24.0 Å². The molecule has 1 aromatic heterocycles. The highest BCUT2D eigenvalue weighted by molar-refractivity contribution is 5.52. The molecule has 2 aliphatic rings. The van der Waals surface area contributed by atoms with E-state index < -0.39 is 30.2 Å². The van der Waals surface area contributed by atoms with Crippen LogP contribution in [-0.2, 0) is 6.18 Å². The van der Waals surface area contributed by atoms with E-state index in [1.807, 2.05) is 4.90 Å². The number of aromatic nitrogens is 1. The third-order valence-corrected chi connectivity index (χ3v) is 4.88. The Labute approximate surface area is 143 Å². The van der Waals surface area contributed by atoms with Gasteiger partial charge in [0, 0.05) is 38.9 Å². The zero-order valence-electron chi connectivity index (χ0n) is 13.6. The second-order valence-corrected chi connectivity index (χ2v) is 6.81. The number of hydrogen-bond donors (Lipinski definition) is 3. The number of pyridine rings is 1. The van der Waals surface area contributed by atoms with Crippen molar-refractivity contribution in [1.82, 2.24) is 9.88 Å². The maximum Gasteiger partial charge on any atom is 0.435 e. The van der Waals surface area contributed by atoms with Gasteiger partial charge in [-0.1, -0.05) is 0 Å². The molecule has 0 bridgehead atoms. The fourth-order valence-electron chi connectivity index (χ4n) is 3.66. The van der Waals surface area contributed by atoms with Gasteiger partial charge in [0.25, 0.3) is 0 Å². The van der Waals surface area contributed by atoms with E-state index in [4.69, 9.17) is 0 Å². The lowest BCUT2D eigenvalue weighted by Crippen LogP contribution is -2.56. The number of hydrogen-bond acceptors (Lipinski definition) is 6. The number of likely N-dealkylation sites (tertiary alicyclic amines) is 1. The monoisotopic (exact) mass is 361 g/mol. The molecule has 3 N–H and O–H groups in total. The first-order valence-corrected chi connectivity index (χ1v) is 8.29. The van der Waals surface area contributed by atoms with Gasteiger partial charge in [-0.05, 0) is 24.5 Å². The minimum atomic E-state index is -4.49. The van der Waals surface area contributed by atoms with Gasteiger partial charge < -0.3 is 20.2 Å². The summed E-state index contributed by atoms with van der Waals surface area (Å²) in [5, 5.41) is 29.1. The fourth-order valence-corrected chi connectivity index (χ4v) is 3.66. The van der Waals surface area contributed by atoms with Crippen molar-refractivity contribution in [1.29, 1.82) is 0 Å². The predicted molar refractivity (Wildman–Crippen MR) is 84.0 cm³/mol. The van der Waals surface area contributed by atoms with Gasteiger partial charge in [-0.25, -0.2) is 4.98 Å². The van der Waals surface area contributed by atoms with Gasteiger partial charge in [0.2, 0.25) is 0 Å². The molecule has 140 valence electrons. The van der Waals surface area contributed by atoms with E-state index >= 15 is 0 Å². The lowest BCUT2D eigenvalue weighted by Gasteiger charge is -2.38. The Hall–Kier alpha value is -1.42. The van der Waals surface area contributed by atoms with E-state index in [1.54, 1.807) is 4.90 Å². The molecule has 0 amide bonds. The maximum absolute atomic E-state index is 13.1. The van der Waals surface area contributed by atoms with Crippen LogP contribution in [0.5, 0.6) is 0 Å². The van der Waals surface area contributed by atoms with Crippen LogP contribution < -0.4 is 4.90 Å². The van der Waals surface area contributed by atoms with Gasteiger partial charge in [-0.3, -0.25) is 4.90 Å². The van der Waals surface area contributed by atoms with Gasteiger partial charge >= 0.3 is 6.18 Å². The molecule has 2 aliphatic heterocycles. The minimum absolute atomic E-state index is 0.0895. The van der Waals surface area contributed by atoms with Crippen molar-refractivity contribution in [2.24, 2.45) is 5.92 Å². The molecule has 0 saturated carbocycles. The lowest BCUT2D eigenvalue weighted by atomic mass is 10.00. The van der Waals surface area contributed by atoms with Gasteiger partial charge in [0.15, 0.2) is 5.69 Å². The Morgan fingerprint density at radius 1 is 1.12 bits per heavy atom. The Morgan fingerprint density at radius 3 is 2.44 bits per heavy atom. The van der Waals surface area contributed by atoms with Crippen molar-refractivity contribution in [2.75, 3.05) is 37.6 Å². The predicted octanol–water partition coefficient (Wildman–Crippen LogP) is 0.325. The molecule has 3 heterocycles. The van der Waals surface area contributed by atoms with Crippen molar-refractivity contribution in [3.8, 4) is 0 Å². The van der Waals surface area contributed by atoms with E-state index in [1.165, 1.54) is 12.1 Å². The molecular weight excluding hydrogens is 339 g/mol. The summed E-state index contributed by atoms with van der Waals surface area (Å²) in [5.74, 6) is 0.121. The molecule has 2 unspecified atom stereocenters. The minimum Gasteiger partial charge on any atom is -0.389 e. The Balaban J connectivity index is 1.63. The summed E-state index contributed by atoms with van der Waals surface area (Å²) in [6.45, 7) is 2.00. The standard InChI is InChI=1S/C16H22F3N3O3/c17-16(18,19)15-11(2-1-4-20-15)22-5-3-10(7-22)6-21-8-12(23)14(25)13(24)9-21/h1-2,4,10,12-14,23-25H,3,5-9H2/t10-,12?,13?,14?/m0/s1. The van der Waals surface area contributed by atoms with Crippen LogP contribution in [0.15, 0.2) is 18.3 Å². The molecule has 0 aliphatic carbocycles. The molecule has 9 heteroatoms. The van der Waals surface area contributed by atoms with Gasteiger partial charge in [-0.15, -0.1) is 0 Å². The summed E-state index contributed by atoms with van der Waals surface area (Å²) >= 11 is 0. The summed E-state index contributed by atoms with van der Waals surface area (Å²) in [4.78, 5) is 7.03. The summed E-state index contributed by atoms with van der Waals surface area (Å²) in [6, 6.07) is 2.93. The number of halogens is 3. The number of anilines is 1. The second kappa shape index (κ2) is 7.06. The van der Waals surface area contributed by atoms with Gasteiger partial charge in [0.1, 0.15) is 6.10 Å². The molecule has 3 atom stereocenters. The summed E-state index contributed by atoms with van der Waals surface area (Å²) in [7, 11) is 0. The summed E-state index contributed by atoms with van der Waals surface area (Å²) in [5.41, 5.74) is -0.783. The van der Waals surface area contributed by atoms with Crippen LogP contribution in [0, 0.1) is 5.92 Å². The van der Waals surface area contributed by atoms with Crippen LogP contribution in [-0.4, -0.2) is 76.2 Å². The fraction of sp³-hybridized carbons (Fsp3) is 0.688. The molecule has 2 saturated heterocycles. The normalized spacial score (nSPS) is 31.5. The number of rotatable bonds is 3. The van der Waals surface area contributed by atoms with Crippen LogP contribution in [0.3, 0.4) is 0 Å². The van der Waals surface area contributed by atoms with Crippen LogP contribution in [0.25, 0.3) is 0 Å². The van der Waals surface area contributed by atoms with Crippen LogP contribution >= 0.6 is 0 Å². The van der Waals surface area contributed by atoms with E-state index in [9.17, 15) is 28.5 Å². The smallest absolute Gasteiger partial charge is 0.389 e. The van der Waals surface area contributed by atoms with Crippen LogP contribution in [0.2, 0.25) is 0 Å². The first kappa shape index (κ1) is 18.4. The molecular formula is C16H22F3N3O3. The number of alkyl halides is 3. The average Bonchev–Trinajstić information content (AvgIpc) is 3.00. The Morgan fingerprint density at radius 2 is 1.80 bits per heavy atom. The number of nitrogens with zero attached hydrogens (tertiary/aromatic N) is 3. The molecule has 0 radical (unpaired) electrons. The third kappa shape index (κ3) is 4.05. The van der Waals surface area contributed by atoms with E-state index in [0.29, 0.717) is 19.6 Å². The van der Waals surface area contributed by atoms with Crippen molar-refractivity contribution in [3.63, 3.8) is 0 Å². The SMILES string of the molecule is OC1CN(C[C@@H]2CCN(c3cccnc3C(F)(F)F)C2)CC(O)C1O. The molecule has 0 aromatic carbocycles. The highest BCUT2D eigenvalue weighted by Gasteiger charge is 2.39. The number of piperidine rings is 1. The average molecular weight is 361 g/mol. The molecule has 25 heavy (non-hydrogen) atoms. The quantitative estimate of drug-likeness (QED) is 0.720. The zero-order chi connectivity index (χ0) is 18.2. The summed E-state index contributed by atoms with van der Waals surface area (Å²) in [6.07, 6.45) is -5.82. The molecule has 0 spiro atoms. The van der Waals surface area contributed by atoms with Crippen molar-refractivity contribution >= 4 is 5.69 Å². The van der Waals surface area contributed by atoms with E-state index in [2.05, 4.69) is 4.98 Å². The van der Waals surface area contributed by atoms with Crippen molar-refractivity contribution in [2.45, 2.75) is 30.9 Å². The molecule has 2 fully saturated rings. The first-order valence-electron chi connectivity index (χ1n) is 8.29. The zero-order valence-corrected chi connectivity index (χ0v) is 13.6. The first-order chi connectivity index (χ1) is 11.8. The largest absolute Gasteiger partial charge is 0.435 e. The third-order valence-electron chi connectivity index (χ3n) is 4.88. The molecule has 3 rings (SSSR count). The maximum atomic E-state index is 13.1. The second-order valence-electron chi connectivity index (χ2n) is 6.81. The van der Waals surface area contributed by atoms with Crippen LogP contribution in [0.4, 0.5) is 18.9 Å². The highest BCUT2D eigenvalue weighted by Crippen LogP contribution is 2.36. The van der Waals surface area contributed by atoms with Crippen molar-refractivity contribution < 1.29 is 28.5 Å². The Bertz CT molecular complexity index is 589. The van der Waals surface area contributed by atoms with E-state index in [0.717, 1.165) is 12.6 Å². The number of β-amino-alcohol motifs (C(OH)–C–C–N with tert-alkyl or cyclic N) is 2. The van der Waals surface area contributed by atoms with Gasteiger partial charge in [0.05, 0.1) is 17.9 Å². The topological polar surface area (TPSA) is 80.1 Å². The van der Waals surface area contributed by atoms with Gasteiger partial charge in [-0.2, -0.15) is 13.2 Å². The lowest BCUT2D eigenvalue weighted by molar-refractivity contribution is -0.140. The molecule has 1 aromatic rings. The Kier molecular flexibility index (Phi) is 5.19. The van der Waals surface area contributed by atoms with E-state index in [-0.39, 0.29) is 24.7 Å². The molecule has 6 nitrogen and oxygen atoms in total.